The third-order valence-corrected chi connectivity index (χ3v) is 11.0. The highest BCUT2D eigenvalue weighted by atomic mass is 14.8. The maximum Gasteiger partial charge on any atom is 0.0552 e. The van der Waals surface area contributed by atoms with Gasteiger partial charge in [0.2, 0.25) is 0 Å². The van der Waals surface area contributed by atoms with E-state index in [1.54, 1.807) is 0 Å². The van der Waals surface area contributed by atoms with Gasteiger partial charge in [0, 0.05) is 76.0 Å². The number of hydrogen-bond donors (Lipinski definition) is 4. The van der Waals surface area contributed by atoms with Gasteiger partial charge in [0.15, 0.2) is 0 Å². The van der Waals surface area contributed by atoms with Crippen molar-refractivity contribution in [3.05, 3.63) is 146 Å². The molecule has 12 rings (SSSR count). The zero-order chi connectivity index (χ0) is 32.5. The second-order valence-corrected chi connectivity index (χ2v) is 13.6. The average molecular weight is 637 g/mol. The molecule has 4 heterocycles. The summed E-state index contributed by atoms with van der Waals surface area (Å²) in [7, 11) is 0. The predicted molar refractivity (Wildman–Crippen MR) is 212 cm³/mol. The lowest BCUT2D eigenvalue weighted by Gasteiger charge is -2.06. The highest BCUT2D eigenvalue weighted by molar-refractivity contribution is 6.45. The summed E-state index contributed by atoms with van der Waals surface area (Å²) in [5.41, 5.74) is 11.6. The van der Waals surface area contributed by atoms with Crippen LogP contribution in [0.3, 0.4) is 0 Å². The molecule has 8 aromatic carbocycles. The molecule has 0 unspecified atom stereocenters. The summed E-state index contributed by atoms with van der Waals surface area (Å²) < 4.78 is 0. The van der Waals surface area contributed by atoms with Crippen molar-refractivity contribution in [2.45, 2.75) is 0 Å². The fourth-order valence-electron chi connectivity index (χ4n) is 8.88. The predicted octanol–water partition coefficient (Wildman–Crippen LogP) is 12.7. The van der Waals surface area contributed by atoms with Crippen LogP contribution in [0.5, 0.6) is 0 Å². The van der Waals surface area contributed by atoms with Crippen LogP contribution in [-0.4, -0.2) is 19.9 Å². The van der Waals surface area contributed by atoms with E-state index in [2.05, 4.69) is 166 Å². The van der Waals surface area contributed by atoms with Crippen LogP contribution in [0.1, 0.15) is 0 Å². The van der Waals surface area contributed by atoms with E-state index in [1.165, 1.54) is 97.8 Å². The lowest BCUT2D eigenvalue weighted by molar-refractivity contribution is 1.46. The minimum Gasteiger partial charge on any atom is -0.354 e. The Morgan fingerprint density at radius 2 is 0.540 bits per heavy atom. The van der Waals surface area contributed by atoms with Gasteiger partial charge in [-0.2, -0.15) is 0 Å². The highest BCUT2D eigenvalue weighted by Gasteiger charge is 2.24. The molecule has 50 heavy (non-hydrogen) atoms. The van der Waals surface area contributed by atoms with Crippen LogP contribution in [0.15, 0.2) is 146 Å². The summed E-state index contributed by atoms with van der Waals surface area (Å²) in [5.74, 6) is 0. The van der Waals surface area contributed by atoms with Gasteiger partial charge in [-0.15, -0.1) is 0 Å². The highest BCUT2D eigenvalue weighted by Crippen LogP contribution is 2.49. The van der Waals surface area contributed by atoms with Crippen molar-refractivity contribution >= 4 is 97.7 Å². The van der Waals surface area contributed by atoms with Gasteiger partial charge >= 0.3 is 0 Å². The van der Waals surface area contributed by atoms with Crippen molar-refractivity contribution in [2.24, 2.45) is 0 Å². The smallest absolute Gasteiger partial charge is 0.0552 e. The number of benzene rings is 8. The second kappa shape index (κ2) is 9.43. The minimum atomic E-state index is 1.12. The van der Waals surface area contributed by atoms with E-state index < -0.39 is 0 Å². The van der Waals surface area contributed by atoms with Crippen molar-refractivity contribution < 1.29 is 0 Å². The van der Waals surface area contributed by atoms with E-state index in [4.69, 9.17) is 0 Å². The molecular weight excluding hydrogens is 609 g/mol. The number of aromatic nitrogens is 4. The molecule has 0 aliphatic heterocycles. The Morgan fingerprint density at radius 1 is 0.240 bits per heavy atom. The maximum atomic E-state index is 4.03. The molecule has 0 atom stereocenters. The van der Waals surface area contributed by atoms with Crippen LogP contribution in [0.2, 0.25) is 0 Å². The van der Waals surface area contributed by atoms with Crippen molar-refractivity contribution in [1.29, 1.82) is 0 Å². The number of rotatable bonds is 2. The topological polar surface area (TPSA) is 63.2 Å². The third-order valence-electron chi connectivity index (χ3n) is 11.0. The molecule has 0 saturated heterocycles. The summed E-state index contributed by atoms with van der Waals surface area (Å²) >= 11 is 0. The summed E-state index contributed by atoms with van der Waals surface area (Å²) in [4.78, 5) is 15.8. The number of H-pyrrole nitrogens is 4. The van der Waals surface area contributed by atoms with Crippen LogP contribution in [0.4, 0.5) is 0 Å². The molecule has 0 aliphatic carbocycles. The number of hydrogen-bond acceptors (Lipinski definition) is 0. The zero-order valence-corrected chi connectivity index (χ0v) is 26.9. The monoisotopic (exact) mass is 636 g/mol. The van der Waals surface area contributed by atoms with Crippen molar-refractivity contribution in [3.8, 4) is 22.5 Å². The largest absolute Gasteiger partial charge is 0.354 e. The molecule has 4 nitrogen and oxygen atoms in total. The van der Waals surface area contributed by atoms with Crippen LogP contribution >= 0.6 is 0 Å². The molecule has 0 fully saturated rings. The number of aromatic amines is 4. The lowest BCUT2D eigenvalue weighted by Crippen LogP contribution is -1.81. The van der Waals surface area contributed by atoms with E-state index in [1.807, 2.05) is 0 Å². The number of fused-ring (bicyclic) bond motifs is 20. The van der Waals surface area contributed by atoms with Gasteiger partial charge in [0.25, 0.3) is 0 Å². The second-order valence-electron chi connectivity index (χ2n) is 13.6. The SMILES string of the molecule is c1ccc(-c2cc3c([nH]2)c2ccccc2c2[nH]c4c5ccccc5c5[nH]c6c7ccccc7c7[nH]c(-c8ccccc8)cc7c6c5c4c32)cc1. The third kappa shape index (κ3) is 3.30. The Morgan fingerprint density at radius 3 is 0.900 bits per heavy atom. The summed E-state index contributed by atoms with van der Waals surface area (Å²) in [6, 6.07) is 52.5. The molecule has 0 spiro atoms. The van der Waals surface area contributed by atoms with Gasteiger partial charge in [-0.3, -0.25) is 0 Å². The fraction of sp³-hybridized carbons (Fsp3) is 0. The summed E-state index contributed by atoms with van der Waals surface area (Å²) in [5, 5.41) is 14.8. The molecule has 0 bridgehead atoms. The van der Waals surface area contributed by atoms with Crippen molar-refractivity contribution in [3.63, 3.8) is 0 Å². The van der Waals surface area contributed by atoms with E-state index in [9.17, 15) is 0 Å². The van der Waals surface area contributed by atoms with Gasteiger partial charge in [0.1, 0.15) is 0 Å². The fourth-order valence-corrected chi connectivity index (χ4v) is 8.88. The van der Waals surface area contributed by atoms with Gasteiger partial charge in [-0.1, -0.05) is 133 Å². The van der Waals surface area contributed by atoms with Crippen LogP contribution in [-0.2, 0) is 0 Å². The van der Waals surface area contributed by atoms with E-state index in [0.717, 1.165) is 22.4 Å². The Bertz CT molecular complexity index is 3130. The minimum absolute atomic E-state index is 1.12. The molecule has 0 amide bonds. The molecule has 4 N–H and O–H groups in total. The van der Waals surface area contributed by atoms with E-state index >= 15 is 0 Å². The normalized spacial score (nSPS) is 12.4. The lowest BCUT2D eigenvalue weighted by atomic mass is 9.94. The first-order chi connectivity index (χ1) is 24.8. The van der Waals surface area contributed by atoms with E-state index in [-0.39, 0.29) is 0 Å². The van der Waals surface area contributed by atoms with Crippen LogP contribution < -0.4 is 0 Å². The molecular formula is C46H28N4. The zero-order valence-electron chi connectivity index (χ0n) is 26.9. The molecule has 4 aromatic heterocycles. The summed E-state index contributed by atoms with van der Waals surface area (Å²) in [6.07, 6.45) is 0. The Kier molecular flexibility index (Phi) is 4.94. The molecule has 4 heteroatoms. The Labute approximate surface area is 285 Å². The van der Waals surface area contributed by atoms with Gasteiger partial charge in [-0.05, 0) is 23.3 Å². The van der Waals surface area contributed by atoms with E-state index in [0.29, 0.717) is 0 Å². The average Bonchev–Trinajstić information content (AvgIpc) is 3.98. The summed E-state index contributed by atoms with van der Waals surface area (Å²) in [6.45, 7) is 0. The molecule has 232 valence electrons. The van der Waals surface area contributed by atoms with Crippen LogP contribution in [0, 0.1) is 0 Å². The van der Waals surface area contributed by atoms with Gasteiger partial charge < -0.3 is 19.9 Å². The van der Waals surface area contributed by atoms with Crippen molar-refractivity contribution in [2.75, 3.05) is 0 Å². The molecule has 0 saturated carbocycles. The van der Waals surface area contributed by atoms with Gasteiger partial charge in [0.05, 0.1) is 33.1 Å². The van der Waals surface area contributed by atoms with Crippen molar-refractivity contribution in [1.82, 2.24) is 19.9 Å². The molecule has 12 aromatic rings. The first kappa shape index (κ1) is 26.2. The molecule has 0 aliphatic rings. The number of nitrogens with one attached hydrogen (secondary N) is 4. The first-order valence-electron chi connectivity index (χ1n) is 17.2. The van der Waals surface area contributed by atoms with Crippen LogP contribution in [0.25, 0.3) is 120 Å². The standard InChI is InChI=1S/C46H28N4/c1-3-13-25(14-4-1)35-23-33-37-39-40-38-34-24-36(26-15-5-2-6-16-26)48-42(34)28-18-8-10-20-30(28)44(38)50-46(40)32-22-12-11-21-31(32)45(39)49-43(37)29-19-9-7-17-27(29)41(33)47-35/h1-24,47-50H. The van der Waals surface area contributed by atoms with Gasteiger partial charge in [-0.25, -0.2) is 0 Å². The Balaban J connectivity index is 1.38. The first-order valence-corrected chi connectivity index (χ1v) is 17.2. The molecule has 0 radical (unpaired) electrons. The maximum absolute atomic E-state index is 4.03. The Hall–Kier alpha value is -6.78. The quantitative estimate of drug-likeness (QED) is 0.146.